The van der Waals surface area contributed by atoms with Gasteiger partial charge < -0.3 is 10.6 Å². The van der Waals surface area contributed by atoms with Crippen molar-refractivity contribution in [1.82, 2.24) is 10.6 Å². The highest BCUT2D eigenvalue weighted by Gasteiger charge is 2.31. The van der Waals surface area contributed by atoms with Gasteiger partial charge in [0, 0.05) is 19.0 Å². The Balaban J connectivity index is 2.29. The van der Waals surface area contributed by atoms with Crippen molar-refractivity contribution in [3.8, 4) is 0 Å². The van der Waals surface area contributed by atoms with Crippen molar-refractivity contribution >= 4 is 5.91 Å². The Morgan fingerprint density at radius 3 is 2.33 bits per heavy atom. The molecule has 0 unspecified atom stereocenters. The van der Waals surface area contributed by atoms with Gasteiger partial charge in [-0.3, -0.25) is 4.79 Å². The van der Waals surface area contributed by atoms with Crippen LogP contribution in [0.3, 0.4) is 0 Å². The number of rotatable bonds is 6. The van der Waals surface area contributed by atoms with Crippen LogP contribution in [0.15, 0.2) is 0 Å². The van der Waals surface area contributed by atoms with Crippen molar-refractivity contribution in [3.05, 3.63) is 0 Å². The summed E-state index contributed by atoms with van der Waals surface area (Å²) in [5, 5.41) is 6.17. The second-order valence-electron chi connectivity index (χ2n) is 6.31. The molecule has 2 N–H and O–H groups in total. The summed E-state index contributed by atoms with van der Waals surface area (Å²) in [4.78, 5) is 11.7. The van der Waals surface area contributed by atoms with Crippen LogP contribution >= 0.6 is 0 Å². The van der Waals surface area contributed by atoms with E-state index in [-0.39, 0.29) is 5.91 Å². The Hall–Kier alpha value is -0.570. The van der Waals surface area contributed by atoms with Crippen LogP contribution in [0.2, 0.25) is 0 Å². The Morgan fingerprint density at radius 1 is 1.22 bits per heavy atom. The Bertz CT molecular complexity index is 255. The molecule has 0 spiro atoms. The minimum absolute atomic E-state index is 0.197. The first-order valence-electron chi connectivity index (χ1n) is 7.43. The highest BCUT2D eigenvalue weighted by molar-refractivity contribution is 5.76. The number of hydrogen-bond donors (Lipinski definition) is 2. The minimum atomic E-state index is 0.197. The van der Waals surface area contributed by atoms with E-state index in [9.17, 15) is 4.79 Å². The molecule has 1 saturated carbocycles. The van der Waals surface area contributed by atoms with Crippen LogP contribution in [0.25, 0.3) is 0 Å². The van der Waals surface area contributed by atoms with Crippen molar-refractivity contribution in [3.63, 3.8) is 0 Å². The van der Waals surface area contributed by atoms with Crippen molar-refractivity contribution in [2.24, 2.45) is 11.3 Å². The predicted molar refractivity (Wildman–Crippen MR) is 76.5 cm³/mol. The predicted octanol–water partition coefficient (Wildman–Crippen LogP) is 2.71. The normalized spacial score (nSPS) is 24.9. The monoisotopic (exact) mass is 254 g/mol. The molecule has 0 radical (unpaired) electrons. The van der Waals surface area contributed by atoms with E-state index in [0.717, 1.165) is 25.3 Å². The van der Waals surface area contributed by atoms with Crippen molar-refractivity contribution in [1.29, 1.82) is 0 Å². The van der Waals surface area contributed by atoms with Crippen molar-refractivity contribution in [2.45, 2.75) is 65.3 Å². The lowest BCUT2D eigenvalue weighted by atomic mass is 9.69. The SMILES string of the molecule is CCC(C)(C)C1CCC(NC(=O)CCNC)CC1. The van der Waals surface area contributed by atoms with Gasteiger partial charge in [0.2, 0.25) is 5.91 Å². The Labute approximate surface area is 112 Å². The molecule has 0 atom stereocenters. The van der Waals surface area contributed by atoms with Crippen LogP contribution in [-0.4, -0.2) is 25.5 Å². The first-order valence-corrected chi connectivity index (χ1v) is 7.43. The molecule has 3 nitrogen and oxygen atoms in total. The maximum absolute atomic E-state index is 11.7. The van der Waals surface area contributed by atoms with E-state index < -0.39 is 0 Å². The van der Waals surface area contributed by atoms with Gasteiger partial charge >= 0.3 is 0 Å². The number of nitrogens with one attached hydrogen (secondary N) is 2. The second-order valence-corrected chi connectivity index (χ2v) is 6.31. The van der Waals surface area contributed by atoms with E-state index in [4.69, 9.17) is 0 Å². The van der Waals surface area contributed by atoms with Gasteiger partial charge in [-0.2, -0.15) is 0 Å². The molecule has 0 aromatic carbocycles. The van der Waals surface area contributed by atoms with E-state index in [1.807, 2.05) is 7.05 Å². The van der Waals surface area contributed by atoms with Crippen molar-refractivity contribution in [2.75, 3.05) is 13.6 Å². The maximum atomic E-state index is 11.7. The topological polar surface area (TPSA) is 41.1 Å². The smallest absolute Gasteiger partial charge is 0.221 e. The largest absolute Gasteiger partial charge is 0.353 e. The number of carbonyl (C=O) groups is 1. The van der Waals surface area contributed by atoms with Gasteiger partial charge in [-0.1, -0.05) is 27.2 Å². The molecule has 0 aliphatic heterocycles. The van der Waals surface area contributed by atoms with Gasteiger partial charge in [-0.25, -0.2) is 0 Å². The molecule has 1 rings (SSSR count). The molecule has 3 heteroatoms. The summed E-state index contributed by atoms with van der Waals surface area (Å²) in [7, 11) is 1.88. The highest BCUT2D eigenvalue weighted by Crippen LogP contribution is 2.40. The van der Waals surface area contributed by atoms with Gasteiger partial charge in [0.1, 0.15) is 0 Å². The standard InChI is InChI=1S/C15H30N2O/c1-5-15(2,3)12-6-8-13(9-7-12)17-14(18)10-11-16-4/h12-13,16H,5-11H2,1-4H3,(H,17,18). The van der Waals surface area contributed by atoms with E-state index in [2.05, 4.69) is 31.4 Å². The summed E-state index contributed by atoms with van der Waals surface area (Å²) >= 11 is 0. The van der Waals surface area contributed by atoms with Crippen LogP contribution < -0.4 is 10.6 Å². The fourth-order valence-corrected chi connectivity index (χ4v) is 2.85. The molecular weight excluding hydrogens is 224 g/mol. The fourth-order valence-electron chi connectivity index (χ4n) is 2.85. The molecule has 1 aliphatic rings. The van der Waals surface area contributed by atoms with Gasteiger partial charge in [-0.15, -0.1) is 0 Å². The van der Waals surface area contributed by atoms with Gasteiger partial charge in [0.05, 0.1) is 0 Å². The zero-order chi connectivity index (χ0) is 13.6. The summed E-state index contributed by atoms with van der Waals surface area (Å²) in [6.45, 7) is 7.81. The molecule has 0 bridgehead atoms. The first-order chi connectivity index (χ1) is 8.49. The zero-order valence-corrected chi connectivity index (χ0v) is 12.5. The number of amides is 1. The number of carbonyl (C=O) groups excluding carboxylic acids is 1. The summed E-state index contributed by atoms with van der Waals surface area (Å²) < 4.78 is 0. The van der Waals surface area contributed by atoms with Gasteiger partial charge in [-0.05, 0) is 44.1 Å². The molecule has 106 valence electrons. The third-order valence-corrected chi connectivity index (χ3v) is 4.71. The van der Waals surface area contributed by atoms with Crippen LogP contribution in [0, 0.1) is 11.3 Å². The van der Waals surface area contributed by atoms with Crippen molar-refractivity contribution < 1.29 is 4.79 Å². The molecule has 0 aromatic rings. The fraction of sp³-hybridized carbons (Fsp3) is 0.933. The van der Waals surface area contributed by atoms with E-state index >= 15 is 0 Å². The van der Waals surface area contributed by atoms with Gasteiger partial charge in [0.15, 0.2) is 0 Å². The lowest BCUT2D eigenvalue weighted by Gasteiger charge is -2.39. The quantitative estimate of drug-likeness (QED) is 0.765. The minimum Gasteiger partial charge on any atom is -0.353 e. The first kappa shape index (κ1) is 15.5. The van der Waals surface area contributed by atoms with Crippen LogP contribution in [0.5, 0.6) is 0 Å². The lowest BCUT2D eigenvalue weighted by Crippen LogP contribution is -2.40. The third kappa shape index (κ3) is 4.60. The van der Waals surface area contributed by atoms with Crippen LogP contribution in [-0.2, 0) is 4.79 Å². The lowest BCUT2D eigenvalue weighted by molar-refractivity contribution is -0.122. The molecule has 1 aliphatic carbocycles. The molecular formula is C15H30N2O. The maximum Gasteiger partial charge on any atom is 0.221 e. The average Bonchev–Trinajstić information content (AvgIpc) is 2.37. The number of hydrogen-bond acceptors (Lipinski definition) is 2. The van der Waals surface area contributed by atoms with Gasteiger partial charge in [0.25, 0.3) is 0 Å². The Morgan fingerprint density at radius 2 is 1.83 bits per heavy atom. The molecule has 0 saturated heterocycles. The zero-order valence-electron chi connectivity index (χ0n) is 12.5. The van der Waals surface area contributed by atoms with Crippen LogP contribution in [0.4, 0.5) is 0 Å². The molecule has 0 aromatic heterocycles. The highest BCUT2D eigenvalue weighted by atomic mass is 16.1. The van der Waals surface area contributed by atoms with E-state index in [1.165, 1.54) is 19.3 Å². The summed E-state index contributed by atoms with van der Waals surface area (Å²) in [6.07, 6.45) is 6.67. The molecule has 1 fully saturated rings. The second kappa shape index (κ2) is 7.13. The summed E-state index contributed by atoms with van der Waals surface area (Å²) in [5.74, 6) is 1.02. The molecule has 18 heavy (non-hydrogen) atoms. The third-order valence-electron chi connectivity index (χ3n) is 4.71. The Kier molecular flexibility index (Phi) is 6.13. The van der Waals surface area contributed by atoms with Crippen LogP contribution in [0.1, 0.15) is 59.3 Å². The average molecular weight is 254 g/mol. The molecule has 1 amide bonds. The van der Waals surface area contributed by atoms with E-state index in [1.54, 1.807) is 0 Å². The molecule has 0 heterocycles. The summed E-state index contributed by atoms with van der Waals surface area (Å²) in [6, 6.07) is 0.415. The van der Waals surface area contributed by atoms with E-state index in [0.29, 0.717) is 17.9 Å². The summed E-state index contributed by atoms with van der Waals surface area (Å²) in [5.41, 5.74) is 0.459.